The molecule has 0 aromatic carbocycles. The van der Waals surface area contributed by atoms with Crippen molar-refractivity contribution in [3.63, 3.8) is 0 Å². The minimum absolute atomic E-state index is 0.210. The van der Waals surface area contributed by atoms with Crippen molar-refractivity contribution in [2.24, 2.45) is 11.7 Å². The molecule has 0 saturated carbocycles. The molecule has 0 aliphatic heterocycles. The molecule has 2 heterocycles. The van der Waals surface area contributed by atoms with Crippen LogP contribution in [-0.2, 0) is 0 Å². The first kappa shape index (κ1) is 11.2. The molecular formula is C9H13N5OS. The lowest BCUT2D eigenvalue weighted by Gasteiger charge is -2.09. The maximum Gasteiger partial charge on any atom is 0.271 e. The van der Waals surface area contributed by atoms with Crippen molar-refractivity contribution in [1.82, 2.24) is 19.7 Å². The van der Waals surface area contributed by atoms with E-state index in [1.165, 1.54) is 11.5 Å². The third-order valence-corrected chi connectivity index (χ3v) is 3.12. The molecule has 0 radical (unpaired) electrons. The first-order chi connectivity index (χ1) is 7.59. The van der Waals surface area contributed by atoms with E-state index in [-0.39, 0.29) is 12.0 Å². The standard InChI is InChI=1S/C9H13N5OS/c1-4(2)6(10)8-11-9(15-13-8)7-5(3)12-14-16-7/h4,6H,10H2,1-3H3. The van der Waals surface area contributed by atoms with Crippen LogP contribution in [0.1, 0.15) is 31.4 Å². The predicted molar refractivity (Wildman–Crippen MR) is 59.7 cm³/mol. The molecule has 0 spiro atoms. The molecule has 0 aliphatic rings. The highest BCUT2D eigenvalue weighted by molar-refractivity contribution is 7.09. The monoisotopic (exact) mass is 239 g/mol. The number of nitrogens with two attached hydrogens (primary N) is 1. The third-order valence-electron chi connectivity index (χ3n) is 2.30. The van der Waals surface area contributed by atoms with Gasteiger partial charge in [0, 0.05) is 0 Å². The Morgan fingerprint density at radius 2 is 2.12 bits per heavy atom. The molecule has 2 rings (SSSR count). The van der Waals surface area contributed by atoms with Crippen molar-refractivity contribution in [3.8, 4) is 10.8 Å². The van der Waals surface area contributed by atoms with Gasteiger partial charge in [0.1, 0.15) is 4.88 Å². The molecule has 0 bridgehead atoms. The van der Waals surface area contributed by atoms with Crippen LogP contribution in [0, 0.1) is 12.8 Å². The van der Waals surface area contributed by atoms with E-state index in [4.69, 9.17) is 10.3 Å². The zero-order valence-corrected chi connectivity index (χ0v) is 10.2. The van der Waals surface area contributed by atoms with Gasteiger partial charge in [0.25, 0.3) is 5.89 Å². The average molecular weight is 239 g/mol. The van der Waals surface area contributed by atoms with Crippen molar-refractivity contribution in [3.05, 3.63) is 11.5 Å². The van der Waals surface area contributed by atoms with Crippen LogP contribution in [-0.4, -0.2) is 19.7 Å². The lowest BCUT2D eigenvalue weighted by molar-refractivity contribution is 0.400. The summed E-state index contributed by atoms with van der Waals surface area (Å²) in [5, 5.41) is 7.77. The van der Waals surface area contributed by atoms with Gasteiger partial charge in [0.05, 0.1) is 11.7 Å². The summed E-state index contributed by atoms with van der Waals surface area (Å²) in [4.78, 5) is 5.06. The Morgan fingerprint density at radius 1 is 1.38 bits per heavy atom. The van der Waals surface area contributed by atoms with Crippen LogP contribution in [0.15, 0.2) is 4.52 Å². The summed E-state index contributed by atoms with van der Waals surface area (Å²) < 4.78 is 8.97. The zero-order chi connectivity index (χ0) is 11.7. The van der Waals surface area contributed by atoms with E-state index in [1.807, 2.05) is 20.8 Å². The smallest absolute Gasteiger partial charge is 0.271 e. The highest BCUT2D eigenvalue weighted by Crippen LogP contribution is 2.25. The van der Waals surface area contributed by atoms with E-state index in [2.05, 4.69) is 19.7 Å². The SMILES string of the molecule is Cc1nnsc1-c1nc(C(N)C(C)C)no1. The number of rotatable bonds is 3. The fraction of sp³-hybridized carbons (Fsp3) is 0.556. The molecule has 6 nitrogen and oxygen atoms in total. The van der Waals surface area contributed by atoms with Crippen LogP contribution in [0.2, 0.25) is 0 Å². The normalized spacial score (nSPS) is 13.3. The molecular weight excluding hydrogens is 226 g/mol. The van der Waals surface area contributed by atoms with Crippen LogP contribution in [0.5, 0.6) is 0 Å². The molecule has 7 heteroatoms. The minimum atomic E-state index is -0.210. The first-order valence-electron chi connectivity index (χ1n) is 4.98. The van der Waals surface area contributed by atoms with Gasteiger partial charge in [-0.25, -0.2) is 0 Å². The molecule has 1 unspecified atom stereocenters. The summed E-state index contributed by atoms with van der Waals surface area (Å²) in [6, 6.07) is -0.210. The van der Waals surface area contributed by atoms with E-state index in [0.717, 1.165) is 10.6 Å². The molecule has 2 aromatic heterocycles. The van der Waals surface area contributed by atoms with Crippen molar-refractivity contribution in [2.45, 2.75) is 26.8 Å². The first-order valence-corrected chi connectivity index (χ1v) is 5.75. The van der Waals surface area contributed by atoms with Crippen molar-refractivity contribution in [2.75, 3.05) is 0 Å². The average Bonchev–Trinajstić information content (AvgIpc) is 2.84. The Hall–Kier alpha value is -1.34. The molecule has 2 aromatic rings. The Kier molecular flexibility index (Phi) is 2.97. The highest BCUT2D eigenvalue weighted by atomic mass is 32.1. The maximum absolute atomic E-state index is 5.93. The largest absolute Gasteiger partial charge is 0.333 e. The third kappa shape index (κ3) is 1.96. The van der Waals surface area contributed by atoms with E-state index in [0.29, 0.717) is 11.7 Å². The number of aryl methyl sites for hydroxylation is 1. The number of hydrogen-bond donors (Lipinski definition) is 1. The van der Waals surface area contributed by atoms with Crippen LogP contribution in [0.4, 0.5) is 0 Å². The zero-order valence-electron chi connectivity index (χ0n) is 9.34. The molecule has 1 atom stereocenters. The van der Waals surface area contributed by atoms with Gasteiger partial charge in [-0.15, -0.1) is 5.10 Å². The topological polar surface area (TPSA) is 90.7 Å². The van der Waals surface area contributed by atoms with Crippen LogP contribution in [0.3, 0.4) is 0 Å². The Labute approximate surface area is 97.0 Å². The van der Waals surface area contributed by atoms with E-state index >= 15 is 0 Å². The van der Waals surface area contributed by atoms with Gasteiger partial charge in [-0.1, -0.05) is 23.5 Å². The lowest BCUT2D eigenvalue weighted by atomic mass is 10.1. The highest BCUT2D eigenvalue weighted by Gasteiger charge is 2.20. The van der Waals surface area contributed by atoms with Crippen molar-refractivity contribution in [1.29, 1.82) is 0 Å². The Morgan fingerprint density at radius 3 is 2.69 bits per heavy atom. The van der Waals surface area contributed by atoms with Gasteiger partial charge in [-0.3, -0.25) is 0 Å². The van der Waals surface area contributed by atoms with Crippen molar-refractivity contribution < 1.29 is 4.52 Å². The summed E-state index contributed by atoms with van der Waals surface area (Å²) >= 11 is 1.24. The van der Waals surface area contributed by atoms with Gasteiger partial charge in [-0.05, 0) is 24.4 Å². The van der Waals surface area contributed by atoms with Gasteiger partial charge >= 0.3 is 0 Å². The van der Waals surface area contributed by atoms with Gasteiger partial charge in [0.2, 0.25) is 0 Å². The lowest BCUT2D eigenvalue weighted by Crippen LogP contribution is -2.18. The summed E-state index contributed by atoms with van der Waals surface area (Å²) in [7, 11) is 0. The summed E-state index contributed by atoms with van der Waals surface area (Å²) in [5.41, 5.74) is 6.72. The van der Waals surface area contributed by atoms with Gasteiger partial charge in [0.15, 0.2) is 5.82 Å². The number of hydrogen-bond acceptors (Lipinski definition) is 7. The number of aromatic nitrogens is 4. The summed E-state index contributed by atoms with van der Waals surface area (Å²) in [6.07, 6.45) is 0. The number of nitrogens with zero attached hydrogens (tertiary/aromatic N) is 4. The fourth-order valence-corrected chi connectivity index (χ4v) is 1.77. The maximum atomic E-state index is 5.93. The van der Waals surface area contributed by atoms with Crippen LogP contribution >= 0.6 is 11.5 Å². The van der Waals surface area contributed by atoms with Gasteiger partial charge < -0.3 is 10.3 Å². The molecule has 0 fully saturated rings. The Balaban J connectivity index is 2.30. The predicted octanol–water partition coefficient (Wildman–Crippen LogP) is 1.55. The molecule has 16 heavy (non-hydrogen) atoms. The molecule has 2 N–H and O–H groups in total. The summed E-state index contributed by atoms with van der Waals surface area (Å²) in [6.45, 7) is 5.88. The molecule has 0 aliphatic carbocycles. The summed E-state index contributed by atoms with van der Waals surface area (Å²) in [5.74, 6) is 1.24. The van der Waals surface area contributed by atoms with E-state index in [1.54, 1.807) is 0 Å². The van der Waals surface area contributed by atoms with Crippen molar-refractivity contribution >= 4 is 11.5 Å². The molecule has 86 valence electrons. The second kappa shape index (κ2) is 4.26. The van der Waals surface area contributed by atoms with Gasteiger partial charge in [-0.2, -0.15) is 4.98 Å². The quantitative estimate of drug-likeness (QED) is 0.873. The second-order valence-corrected chi connectivity index (χ2v) is 4.67. The molecule has 0 amide bonds. The Bertz CT molecular complexity index is 478. The van der Waals surface area contributed by atoms with E-state index < -0.39 is 0 Å². The second-order valence-electron chi connectivity index (χ2n) is 3.92. The fourth-order valence-electron chi connectivity index (χ4n) is 1.19. The minimum Gasteiger partial charge on any atom is -0.333 e. The molecule has 0 saturated heterocycles. The van der Waals surface area contributed by atoms with Crippen LogP contribution in [0.25, 0.3) is 10.8 Å². The van der Waals surface area contributed by atoms with E-state index in [9.17, 15) is 0 Å². The van der Waals surface area contributed by atoms with Crippen LogP contribution < -0.4 is 5.73 Å².